The fourth-order valence-electron chi connectivity index (χ4n) is 2.65. The summed E-state index contributed by atoms with van der Waals surface area (Å²) in [6.45, 7) is 0. The molecule has 0 N–H and O–H groups in total. The van der Waals surface area contributed by atoms with Crippen molar-refractivity contribution in [3.8, 4) is 0 Å². The summed E-state index contributed by atoms with van der Waals surface area (Å²) in [6.07, 6.45) is -30.6. The van der Waals surface area contributed by atoms with Crippen LogP contribution >= 0.6 is 0 Å². The van der Waals surface area contributed by atoms with Crippen molar-refractivity contribution in [1.82, 2.24) is 0 Å². The topological polar surface area (TPSA) is 9.23 Å². The van der Waals surface area contributed by atoms with E-state index in [2.05, 4.69) is 4.74 Å². The molecule has 0 aliphatic rings. The number of hydrogen-bond acceptors (Lipinski definition) is 1. The molecule has 0 rings (SSSR count). The summed E-state index contributed by atoms with van der Waals surface area (Å²) in [5.74, 6) is 0. The van der Waals surface area contributed by atoms with Gasteiger partial charge in [-0.05, 0) is 25.7 Å². The van der Waals surface area contributed by atoms with E-state index >= 15 is 0 Å². The minimum Gasteiger partial charge on any atom is -0.251 e. The third-order valence-corrected chi connectivity index (χ3v) is 4.34. The van der Waals surface area contributed by atoms with Crippen molar-refractivity contribution in [2.24, 2.45) is 0 Å². The molecule has 0 aromatic heterocycles. The maximum atomic E-state index is 13.6. The standard InChI is InChI=1S/C18H26F12O/c19-13(9-5-1-3-7-11-15(21,22)23)17(27,28)31-18(29,30)14(20)10-6-2-4-8-12-16(24,25)26/h13-14H,1-12H2. The Morgan fingerprint density at radius 1 is 0.452 bits per heavy atom. The molecule has 31 heavy (non-hydrogen) atoms. The Bertz CT molecular complexity index is 433. The van der Waals surface area contributed by atoms with Gasteiger partial charge in [0.25, 0.3) is 0 Å². The predicted octanol–water partition coefficient (Wildman–Crippen LogP) is 8.67. The highest BCUT2D eigenvalue weighted by Crippen LogP contribution is 2.37. The van der Waals surface area contributed by atoms with Crippen LogP contribution in [0.2, 0.25) is 0 Å². The van der Waals surface area contributed by atoms with E-state index in [9.17, 15) is 52.7 Å². The molecule has 2 atom stereocenters. The van der Waals surface area contributed by atoms with E-state index in [1.807, 2.05) is 0 Å². The number of halogens is 12. The molecule has 188 valence electrons. The van der Waals surface area contributed by atoms with Crippen LogP contribution in [0.15, 0.2) is 0 Å². The highest BCUT2D eigenvalue weighted by atomic mass is 19.4. The first-order valence-electron chi connectivity index (χ1n) is 9.84. The fourth-order valence-corrected chi connectivity index (χ4v) is 2.65. The Morgan fingerprint density at radius 2 is 0.742 bits per heavy atom. The normalized spacial score (nSPS) is 15.9. The fraction of sp³-hybridized carbons (Fsp3) is 1.00. The van der Waals surface area contributed by atoms with Crippen LogP contribution in [0, 0.1) is 0 Å². The number of unbranched alkanes of at least 4 members (excludes halogenated alkanes) is 6. The lowest BCUT2D eigenvalue weighted by molar-refractivity contribution is -0.406. The first kappa shape index (κ1) is 30.1. The predicted molar refractivity (Wildman–Crippen MR) is 88.3 cm³/mol. The molecular weight excluding hydrogens is 460 g/mol. The van der Waals surface area contributed by atoms with E-state index in [1.54, 1.807) is 0 Å². The second-order valence-corrected chi connectivity index (χ2v) is 7.30. The number of alkyl halides is 12. The van der Waals surface area contributed by atoms with Crippen molar-refractivity contribution in [3.63, 3.8) is 0 Å². The van der Waals surface area contributed by atoms with Gasteiger partial charge in [-0.25, -0.2) is 8.78 Å². The molecule has 0 spiro atoms. The van der Waals surface area contributed by atoms with Gasteiger partial charge in [0.15, 0.2) is 12.3 Å². The van der Waals surface area contributed by atoms with Crippen molar-refractivity contribution in [3.05, 3.63) is 0 Å². The van der Waals surface area contributed by atoms with Crippen molar-refractivity contribution >= 4 is 0 Å². The summed E-state index contributed by atoms with van der Waals surface area (Å²) in [5, 5.41) is 0. The lowest BCUT2D eigenvalue weighted by Gasteiger charge is -2.28. The van der Waals surface area contributed by atoms with Gasteiger partial charge in [-0.2, -0.15) is 43.9 Å². The zero-order chi connectivity index (χ0) is 24.3. The van der Waals surface area contributed by atoms with Gasteiger partial charge in [-0.15, -0.1) is 0 Å². The molecule has 0 aromatic carbocycles. The van der Waals surface area contributed by atoms with Gasteiger partial charge in [0.2, 0.25) is 0 Å². The van der Waals surface area contributed by atoms with Gasteiger partial charge >= 0.3 is 24.6 Å². The van der Waals surface area contributed by atoms with Crippen LogP contribution in [0.5, 0.6) is 0 Å². The summed E-state index contributed by atoms with van der Waals surface area (Å²) in [4.78, 5) is 0. The van der Waals surface area contributed by atoms with Crippen molar-refractivity contribution in [1.29, 1.82) is 0 Å². The molecule has 0 saturated heterocycles. The van der Waals surface area contributed by atoms with Crippen LogP contribution in [-0.4, -0.2) is 36.9 Å². The molecule has 0 amide bonds. The van der Waals surface area contributed by atoms with Crippen molar-refractivity contribution in [2.45, 2.75) is 114 Å². The highest BCUT2D eigenvalue weighted by Gasteiger charge is 2.53. The first-order valence-corrected chi connectivity index (χ1v) is 9.84. The van der Waals surface area contributed by atoms with Crippen molar-refractivity contribution < 1.29 is 57.4 Å². The van der Waals surface area contributed by atoms with E-state index < -0.39 is 62.6 Å². The van der Waals surface area contributed by atoms with Crippen LogP contribution in [0.4, 0.5) is 52.7 Å². The number of rotatable bonds is 16. The summed E-state index contributed by atoms with van der Waals surface area (Å²) in [7, 11) is 0. The average Bonchev–Trinajstić information content (AvgIpc) is 2.57. The second-order valence-electron chi connectivity index (χ2n) is 7.30. The van der Waals surface area contributed by atoms with Gasteiger partial charge in [0.05, 0.1) is 0 Å². The van der Waals surface area contributed by atoms with Crippen LogP contribution in [0.1, 0.15) is 77.0 Å². The molecule has 13 heteroatoms. The first-order chi connectivity index (χ1) is 14.0. The Balaban J connectivity index is 4.23. The maximum absolute atomic E-state index is 13.6. The molecule has 0 radical (unpaired) electrons. The Kier molecular flexibility index (Phi) is 12.6. The molecule has 0 bridgehead atoms. The number of ether oxygens (including phenoxy) is 1. The van der Waals surface area contributed by atoms with Crippen LogP contribution in [0.3, 0.4) is 0 Å². The molecule has 0 heterocycles. The maximum Gasteiger partial charge on any atom is 0.391 e. The lowest BCUT2D eigenvalue weighted by atomic mass is 10.1. The van der Waals surface area contributed by atoms with E-state index in [0.717, 1.165) is 0 Å². The van der Waals surface area contributed by atoms with E-state index in [-0.39, 0.29) is 51.4 Å². The molecular formula is C18H26F12O. The third kappa shape index (κ3) is 15.5. The Hall–Kier alpha value is -0.880. The molecule has 0 saturated carbocycles. The zero-order valence-electron chi connectivity index (χ0n) is 16.6. The Labute approximate surface area is 172 Å². The number of hydrogen-bond donors (Lipinski definition) is 0. The summed E-state index contributed by atoms with van der Waals surface area (Å²) in [6, 6.07) is 0. The van der Waals surface area contributed by atoms with Crippen LogP contribution in [-0.2, 0) is 4.74 Å². The molecule has 1 nitrogen and oxygen atoms in total. The monoisotopic (exact) mass is 486 g/mol. The average molecular weight is 486 g/mol. The van der Waals surface area contributed by atoms with Gasteiger partial charge < -0.3 is 0 Å². The van der Waals surface area contributed by atoms with Crippen molar-refractivity contribution in [2.75, 3.05) is 0 Å². The Morgan fingerprint density at radius 3 is 1.03 bits per heavy atom. The van der Waals surface area contributed by atoms with Crippen LogP contribution < -0.4 is 0 Å². The van der Waals surface area contributed by atoms with E-state index in [0.29, 0.717) is 0 Å². The quantitative estimate of drug-likeness (QED) is 0.157. The molecule has 0 fully saturated rings. The smallest absolute Gasteiger partial charge is 0.251 e. The third-order valence-electron chi connectivity index (χ3n) is 4.34. The SMILES string of the molecule is FC(CCCCCCC(F)(F)F)C(F)(F)OC(F)(F)C(F)CCCCCCC(F)(F)F. The molecule has 0 aliphatic heterocycles. The van der Waals surface area contributed by atoms with Gasteiger partial charge in [-0.1, -0.05) is 38.5 Å². The zero-order valence-corrected chi connectivity index (χ0v) is 16.6. The summed E-state index contributed by atoms with van der Waals surface area (Å²) < 4.78 is 156. The molecule has 0 aliphatic carbocycles. The van der Waals surface area contributed by atoms with Gasteiger partial charge in [0, 0.05) is 12.8 Å². The minimum absolute atomic E-state index is 0.0235. The van der Waals surface area contributed by atoms with Crippen LogP contribution in [0.25, 0.3) is 0 Å². The molecule has 2 unspecified atom stereocenters. The molecule has 0 aromatic rings. The largest absolute Gasteiger partial charge is 0.391 e. The van der Waals surface area contributed by atoms with Gasteiger partial charge in [0.1, 0.15) is 0 Å². The van der Waals surface area contributed by atoms with E-state index in [4.69, 9.17) is 0 Å². The minimum atomic E-state index is -5.02. The lowest BCUT2D eigenvalue weighted by Crippen LogP contribution is -2.45. The highest BCUT2D eigenvalue weighted by molar-refractivity contribution is 4.75. The van der Waals surface area contributed by atoms with Gasteiger partial charge in [-0.3, -0.25) is 4.74 Å². The second kappa shape index (κ2) is 13.0. The summed E-state index contributed by atoms with van der Waals surface area (Å²) in [5.41, 5.74) is 0. The van der Waals surface area contributed by atoms with E-state index in [1.165, 1.54) is 0 Å². The summed E-state index contributed by atoms with van der Waals surface area (Å²) >= 11 is 0.